The van der Waals surface area contributed by atoms with Gasteiger partial charge in [-0.15, -0.1) is 0 Å². The molecule has 1 aromatic carbocycles. The van der Waals surface area contributed by atoms with Gasteiger partial charge in [0.1, 0.15) is 0 Å². The minimum absolute atomic E-state index is 0.0295. The number of aromatic nitrogens is 2. The predicted molar refractivity (Wildman–Crippen MR) is 71.6 cm³/mol. The zero-order chi connectivity index (χ0) is 13.8. The molecule has 1 atom stereocenters. The fraction of sp³-hybridized carbons (Fsp3) is 0.308. The van der Waals surface area contributed by atoms with Gasteiger partial charge in [0, 0.05) is 38.0 Å². The van der Waals surface area contributed by atoms with Crippen LogP contribution >= 0.6 is 0 Å². The maximum absolute atomic E-state index is 10.7. The second-order valence-electron chi connectivity index (χ2n) is 4.44. The molecule has 0 spiro atoms. The van der Waals surface area contributed by atoms with Crippen molar-refractivity contribution in [3.8, 4) is 0 Å². The lowest BCUT2D eigenvalue weighted by atomic mass is 10.1. The highest BCUT2D eigenvalue weighted by molar-refractivity contribution is 5.35. The summed E-state index contributed by atoms with van der Waals surface area (Å²) in [6, 6.07) is 8.63. The topological polar surface area (TPSA) is 73.0 Å². The third-order valence-corrected chi connectivity index (χ3v) is 2.94. The van der Waals surface area contributed by atoms with Crippen molar-refractivity contribution >= 4 is 5.69 Å². The molecule has 0 aliphatic heterocycles. The van der Waals surface area contributed by atoms with Gasteiger partial charge < -0.3 is 5.32 Å². The number of aryl methyl sites for hydroxylation is 1. The van der Waals surface area contributed by atoms with Crippen molar-refractivity contribution in [2.45, 2.75) is 19.5 Å². The van der Waals surface area contributed by atoms with Crippen molar-refractivity contribution in [1.29, 1.82) is 0 Å². The Morgan fingerprint density at radius 3 is 2.89 bits per heavy atom. The van der Waals surface area contributed by atoms with Crippen molar-refractivity contribution in [1.82, 2.24) is 15.1 Å². The molecule has 0 amide bonds. The summed E-state index contributed by atoms with van der Waals surface area (Å²) in [5.74, 6) is 0. The Morgan fingerprint density at radius 1 is 1.47 bits per heavy atom. The number of nitrogens with one attached hydrogen (secondary N) is 1. The van der Waals surface area contributed by atoms with Crippen molar-refractivity contribution < 1.29 is 4.92 Å². The fourth-order valence-electron chi connectivity index (χ4n) is 1.84. The van der Waals surface area contributed by atoms with Crippen LogP contribution in [0.5, 0.6) is 0 Å². The smallest absolute Gasteiger partial charge is 0.269 e. The van der Waals surface area contributed by atoms with Crippen LogP contribution < -0.4 is 5.32 Å². The van der Waals surface area contributed by atoms with E-state index in [0.717, 1.165) is 11.3 Å². The molecule has 0 fully saturated rings. The van der Waals surface area contributed by atoms with Crippen LogP contribution in [0.15, 0.2) is 36.5 Å². The van der Waals surface area contributed by atoms with E-state index in [4.69, 9.17) is 0 Å². The highest BCUT2D eigenvalue weighted by Gasteiger charge is 2.10. The van der Waals surface area contributed by atoms with E-state index in [9.17, 15) is 10.1 Å². The van der Waals surface area contributed by atoms with Gasteiger partial charge in [0.05, 0.1) is 10.6 Å². The van der Waals surface area contributed by atoms with Gasteiger partial charge in [0.2, 0.25) is 0 Å². The predicted octanol–water partition coefficient (Wildman–Crippen LogP) is 2.18. The summed E-state index contributed by atoms with van der Waals surface area (Å²) in [5.41, 5.74) is 1.95. The van der Waals surface area contributed by atoms with Crippen molar-refractivity contribution in [2.24, 2.45) is 7.05 Å². The Balaban J connectivity index is 2.01. The normalized spacial score (nSPS) is 12.3. The molecule has 1 heterocycles. The number of hydrogen-bond acceptors (Lipinski definition) is 4. The number of rotatable bonds is 5. The van der Waals surface area contributed by atoms with Crippen LogP contribution in [0.2, 0.25) is 0 Å². The lowest BCUT2D eigenvalue weighted by Crippen LogP contribution is -2.18. The molecule has 1 aromatic heterocycles. The van der Waals surface area contributed by atoms with Crippen LogP contribution in [0.3, 0.4) is 0 Å². The summed E-state index contributed by atoms with van der Waals surface area (Å²) in [6.45, 7) is 2.60. The van der Waals surface area contributed by atoms with E-state index in [1.165, 1.54) is 6.07 Å². The maximum Gasteiger partial charge on any atom is 0.269 e. The molecule has 0 saturated heterocycles. The van der Waals surface area contributed by atoms with E-state index in [-0.39, 0.29) is 16.7 Å². The second kappa shape index (κ2) is 5.62. The molecule has 0 bridgehead atoms. The van der Waals surface area contributed by atoms with E-state index in [1.807, 2.05) is 32.3 Å². The zero-order valence-corrected chi connectivity index (χ0v) is 10.9. The first-order valence-corrected chi connectivity index (χ1v) is 6.02. The highest BCUT2D eigenvalue weighted by Crippen LogP contribution is 2.19. The number of nitro benzene ring substituents is 1. The first kappa shape index (κ1) is 13.2. The summed E-state index contributed by atoms with van der Waals surface area (Å²) >= 11 is 0. The molecular weight excluding hydrogens is 244 g/mol. The minimum Gasteiger partial charge on any atom is -0.304 e. The lowest BCUT2D eigenvalue weighted by molar-refractivity contribution is -0.384. The minimum atomic E-state index is -0.380. The molecule has 2 rings (SSSR count). The summed E-state index contributed by atoms with van der Waals surface area (Å²) < 4.78 is 1.75. The van der Waals surface area contributed by atoms with E-state index in [2.05, 4.69) is 10.4 Å². The highest BCUT2D eigenvalue weighted by atomic mass is 16.6. The van der Waals surface area contributed by atoms with E-state index in [1.54, 1.807) is 16.8 Å². The van der Waals surface area contributed by atoms with Crippen LogP contribution in [0.4, 0.5) is 5.69 Å². The monoisotopic (exact) mass is 260 g/mol. The number of benzene rings is 1. The summed E-state index contributed by atoms with van der Waals surface area (Å²) in [5, 5.41) is 18.3. The van der Waals surface area contributed by atoms with Gasteiger partial charge in [-0.05, 0) is 18.6 Å². The maximum atomic E-state index is 10.7. The van der Waals surface area contributed by atoms with Crippen molar-refractivity contribution in [3.63, 3.8) is 0 Å². The van der Waals surface area contributed by atoms with E-state index >= 15 is 0 Å². The fourth-order valence-corrected chi connectivity index (χ4v) is 1.84. The molecule has 0 aliphatic carbocycles. The summed E-state index contributed by atoms with van der Waals surface area (Å²) in [4.78, 5) is 10.4. The number of nitrogens with zero attached hydrogens (tertiary/aromatic N) is 3. The number of hydrogen-bond donors (Lipinski definition) is 1. The van der Waals surface area contributed by atoms with Crippen LogP contribution in [0.25, 0.3) is 0 Å². The molecule has 6 heteroatoms. The molecule has 0 aliphatic rings. The molecule has 0 radical (unpaired) electrons. The Bertz CT molecular complexity index is 580. The quantitative estimate of drug-likeness (QED) is 0.660. The zero-order valence-electron chi connectivity index (χ0n) is 10.9. The molecule has 6 nitrogen and oxygen atoms in total. The molecule has 0 saturated carbocycles. The molecule has 1 unspecified atom stereocenters. The molecule has 2 aromatic rings. The van der Waals surface area contributed by atoms with Gasteiger partial charge in [0.15, 0.2) is 0 Å². The molecule has 1 N–H and O–H groups in total. The Kier molecular flexibility index (Phi) is 3.91. The van der Waals surface area contributed by atoms with Crippen LogP contribution in [0, 0.1) is 10.1 Å². The van der Waals surface area contributed by atoms with E-state index < -0.39 is 0 Å². The van der Waals surface area contributed by atoms with Crippen molar-refractivity contribution in [2.75, 3.05) is 0 Å². The summed E-state index contributed by atoms with van der Waals surface area (Å²) in [7, 11) is 1.87. The first-order chi connectivity index (χ1) is 9.06. The molecular formula is C13H16N4O2. The van der Waals surface area contributed by atoms with Crippen LogP contribution in [-0.4, -0.2) is 14.7 Å². The molecule has 19 heavy (non-hydrogen) atoms. The largest absolute Gasteiger partial charge is 0.304 e. The third-order valence-electron chi connectivity index (χ3n) is 2.94. The second-order valence-corrected chi connectivity index (χ2v) is 4.44. The average Bonchev–Trinajstić information content (AvgIpc) is 2.82. The average molecular weight is 260 g/mol. The van der Waals surface area contributed by atoms with Gasteiger partial charge in [-0.25, -0.2) is 0 Å². The SMILES string of the molecule is CC(NCc1ccn(C)n1)c1cccc([N+](=O)[O-])c1. The van der Waals surface area contributed by atoms with Gasteiger partial charge in [-0.1, -0.05) is 12.1 Å². The van der Waals surface area contributed by atoms with Crippen LogP contribution in [0.1, 0.15) is 24.2 Å². The van der Waals surface area contributed by atoms with Gasteiger partial charge >= 0.3 is 0 Å². The van der Waals surface area contributed by atoms with Gasteiger partial charge in [-0.2, -0.15) is 5.10 Å². The van der Waals surface area contributed by atoms with Crippen molar-refractivity contribution in [3.05, 3.63) is 57.9 Å². The third kappa shape index (κ3) is 3.38. The van der Waals surface area contributed by atoms with Gasteiger partial charge in [0.25, 0.3) is 5.69 Å². The van der Waals surface area contributed by atoms with Gasteiger partial charge in [-0.3, -0.25) is 14.8 Å². The Labute approximate surface area is 111 Å². The standard InChI is InChI=1S/C13H16N4O2/c1-10(14-9-12-6-7-16(2)15-12)11-4-3-5-13(8-11)17(18)19/h3-8,10,14H,9H2,1-2H3. The Morgan fingerprint density at radius 2 is 2.26 bits per heavy atom. The van der Waals surface area contributed by atoms with Crippen LogP contribution in [-0.2, 0) is 13.6 Å². The molecule has 100 valence electrons. The number of non-ortho nitro benzene ring substituents is 1. The lowest BCUT2D eigenvalue weighted by Gasteiger charge is -2.13. The Hall–Kier alpha value is -2.21. The van der Waals surface area contributed by atoms with E-state index in [0.29, 0.717) is 6.54 Å². The first-order valence-electron chi connectivity index (χ1n) is 6.02. The summed E-state index contributed by atoms with van der Waals surface area (Å²) in [6.07, 6.45) is 1.88. The number of nitro groups is 1.